The van der Waals surface area contributed by atoms with Gasteiger partial charge in [0.25, 0.3) is 0 Å². The van der Waals surface area contributed by atoms with E-state index in [1.807, 2.05) is 20.8 Å². The molecule has 0 heterocycles. The van der Waals surface area contributed by atoms with Gasteiger partial charge in [0.1, 0.15) is 0 Å². The number of Topliss-reactive ketones (excluding diaryl/α,β-unsaturated/α-hetero) is 2. The summed E-state index contributed by atoms with van der Waals surface area (Å²) in [6.07, 6.45) is 0.102. The molecule has 0 amide bonds. The van der Waals surface area contributed by atoms with Crippen LogP contribution in [0.2, 0.25) is 5.02 Å². The Morgan fingerprint density at radius 3 is 2.22 bits per heavy atom. The van der Waals surface area contributed by atoms with Crippen molar-refractivity contribution in [2.75, 3.05) is 0 Å². The van der Waals surface area contributed by atoms with Crippen LogP contribution < -0.4 is 0 Å². The number of ketones is 2. The molecule has 1 aromatic rings. The summed E-state index contributed by atoms with van der Waals surface area (Å²) >= 11 is 5.63. The van der Waals surface area contributed by atoms with Crippen LogP contribution >= 0.6 is 11.6 Å². The van der Waals surface area contributed by atoms with Gasteiger partial charge in [-0.05, 0) is 17.5 Å². The van der Waals surface area contributed by atoms with Gasteiger partial charge < -0.3 is 10.2 Å². The highest BCUT2D eigenvalue weighted by molar-refractivity contribution is 6.44. The molecule has 0 bridgehead atoms. The highest BCUT2D eigenvalue weighted by Gasteiger charge is 2.24. The highest BCUT2D eigenvalue weighted by Crippen LogP contribution is 2.34. The average molecular weight is 271 g/mol. The van der Waals surface area contributed by atoms with Crippen molar-refractivity contribution in [1.82, 2.24) is 0 Å². The lowest BCUT2D eigenvalue weighted by Gasteiger charge is -2.16. The predicted octanol–water partition coefficient (Wildman–Crippen LogP) is 2.94. The van der Waals surface area contributed by atoms with Crippen molar-refractivity contribution in [3.63, 3.8) is 0 Å². The van der Waals surface area contributed by atoms with E-state index >= 15 is 0 Å². The molecule has 0 aliphatic heterocycles. The summed E-state index contributed by atoms with van der Waals surface area (Å²) in [6, 6.07) is 2.20. The third-order valence-electron chi connectivity index (χ3n) is 2.25. The quantitative estimate of drug-likeness (QED) is 0.503. The molecule has 2 N–H and O–H groups in total. The summed E-state index contributed by atoms with van der Waals surface area (Å²) in [5.74, 6) is -2.29. The van der Waals surface area contributed by atoms with Crippen LogP contribution in [0.1, 0.15) is 37.6 Å². The standard InChI is InChI=1S/C13H15ClO4/c1-13(2,3)6-10(16)11(17)7-4-8(14)12(18)9(15)5-7/h4-5,15,18H,6H2,1-3H3. The fraction of sp³-hybridized carbons (Fsp3) is 0.385. The van der Waals surface area contributed by atoms with Crippen molar-refractivity contribution in [2.24, 2.45) is 5.41 Å². The van der Waals surface area contributed by atoms with Gasteiger partial charge in [-0.1, -0.05) is 32.4 Å². The van der Waals surface area contributed by atoms with Gasteiger partial charge in [0, 0.05) is 12.0 Å². The maximum absolute atomic E-state index is 11.8. The Labute approximate surface area is 110 Å². The molecule has 98 valence electrons. The number of halogens is 1. The Bertz CT molecular complexity index is 477. The monoisotopic (exact) mass is 270 g/mol. The van der Waals surface area contributed by atoms with E-state index in [0.29, 0.717) is 0 Å². The number of aromatic hydroxyl groups is 2. The number of hydrogen-bond acceptors (Lipinski definition) is 4. The molecule has 1 aromatic carbocycles. The van der Waals surface area contributed by atoms with Crippen LogP contribution in [0.25, 0.3) is 0 Å². The summed E-state index contributed by atoms with van der Waals surface area (Å²) in [7, 11) is 0. The zero-order valence-electron chi connectivity index (χ0n) is 10.5. The topological polar surface area (TPSA) is 74.6 Å². The molecular formula is C13H15ClO4. The van der Waals surface area contributed by atoms with Crippen molar-refractivity contribution in [3.05, 3.63) is 22.7 Å². The van der Waals surface area contributed by atoms with Gasteiger partial charge in [0.05, 0.1) is 5.02 Å². The Morgan fingerprint density at radius 2 is 1.78 bits per heavy atom. The van der Waals surface area contributed by atoms with Gasteiger partial charge >= 0.3 is 0 Å². The largest absolute Gasteiger partial charge is 0.504 e. The number of rotatable bonds is 3. The molecule has 4 nitrogen and oxygen atoms in total. The number of phenolic OH excluding ortho intramolecular Hbond substituents is 2. The van der Waals surface area contributed by atoms with Crippen LogP contribution in [0.15, 0.2) is 12.1 Å². The average Bonchev–Trinajstić information content (AvgIpc) is 2.21. The van der Waals surface area contributed by atoms with Crippen molar-refractivity contribution in [3.8, 4) is 11.5 Å². The minimum Gasteiger partial charge on any atom is -0.504 e. The summed E-state index contributed by atoms with van der Waals surface area (Å²) in [4.78, 5) is 23.6. The first-order valence-electron chi connectivity index (χ1n) is 5.41. The van der Waals surface area contributed by atoms with Crippen LogP contribution in [0.4, 0.5) is 0 Å². The molecule has 0 aliphatic rings. The molecule has 0 spiro atoms. The fourth-order valence-electron chi connectivity index (χ4n) is 1.44. The van der Waals surface area contributed by atoms with Crippen LogP contribution in [0, 0.1) is 5.41 Å². The minimum atomic E-state index is -0.720. The molecule has 0 radical (unpaired) electrons. The molecule has 0 saturated carbocycles. The third-order valence-corrected chi connectivity index (χ3v) is 2.54. The maximum Gasteiger partial charge on any atom is 0.228 e. The van der Waals surface area contributed by atoms with Gasteiger partial charge in [-0.3, -0.25) is 9.59 Å². The van der Waals surface area contributed by atoms with Crippen LogP contribution in [-0.4, -0.2) is 21.8 Å². The van der Waals surface area contributed by atoms with Gasteiger partial charge in [-0.25, -0.2) is 0 Å². The van der Waals surface area contributed by atoms with E-state index in [1.54, 1.807) is 0 Å². The maximum atomic E-state index is 11.8. The summed E-state index contributed by atoms with van der Waals surface area (Å²) < 4.78 is 0. The van der Waals surface area contributed by atoms with Crippen LogP contribution in [0.5, 0.6) is 11.5 Å². The summed E-state index contributed by atoms with van der Waals surface area (Å²) in [5.41, 5.74) is -0.320. The van der Waals surface area contributed by atoms with Crippen molar-refractivity contribution >= 4 is 23.2 Å². The van der Waals surface area contributed by atoms with Gasteiger partial charge in [-0.15, -0.1) is 0 Å². The number of benzene rings is 1. The lowest BCUT2D eigenvalue weighted by molar-refractivity contribution is -0.116. The molecule has 0 fully saturated rings. The number of carbonyl (C=O) groups is 2. The molecule has 0 unspecified atom stereocenters. The molecule has 18 heavy (non-hydrogen) atoms. The smallest absolute Gasteiger partial charge is 0.228 e. The van der Waals surface area contributed by atoms with Crippen molar-refractivity contribution in [1.29, 1.82) is 0 Å². The molecule has 0 aliphatic carbocycles. The molecule has 0 saturated heterocycles. The molecule has 5 heteroatoms. The van der Waals surface area contributed by atoms with E-state index in [1.165, 1.54) is 6.07 Å². The van der Waals surface area contributed by atoms with E-state index in [2.05, 4.69) is 0 Å². The van der Waals surface area contributed by atoms with E-state index in [4.69, 9.17) is 11.6 Å². The first-order valence-corrected chi connectivity index (χ1v) is 5.78. The summed E-state index contributed by atoms with van der Waals surface area (Å²) in [5, 5.41) is 18.4. The van der Waals surface area contributed by atoms with Gasteiger partial charge in [0.15, 0.2) is 11.5 Å². The lowest BCUT2D eigenvalue weighted by Crippen LogP contribution is -2.21. The molecule has 0 atom stereocenters. The second kappa shape index (κ2) is 4.98. The van der Waals surface area contributed by atoms with Crippen LogP contribution in [-0.2, 0) is 4.79 Å². The van der Waals surface area contributed by atoms with E-state index in [9.17, 15) is 19.8 Å². The van der Waals surface area contributed by atoms with Crippen molar-refractivity contribution in [2.45, 2.75) is 27.2 Å². The number of phenols is 2. The lowest BCUT2D eigenvalue weighted by atomic mass is 9.87. The molecule has 1 rings (SSSR count). The Hall–Kier alpha value is -1.55. The second-order valence-corrected chi connectivity index (χ2v) is 5.72. The van der Waals surface area contributed by atoms with E-state index in [0.717, 1.165) is 6.07 Å². The molecular weight excluding hydrogens is 256 g/mol. The SMILES string of the molecule is CC(C)(C)CC(=O)C(=O)c1cc(O)c(O)c(Cl)c1. The van der Waals surface area contributed by atoms with E-state index in [-0.39, 0.29) is 22.4 Å². The third kappa shape index (κ3) is 3.47. The highest BCUT2D eigenvalue weighted by atomic mass is 35.5. The normalized spacial score (nSPS) is 11.3. The number of carbonyl (C=O) groups excluding carboxylic acids is 2. The predicted molar refractivity (Wildman–Crippen MR) is 68.2 cm³/mol. The Kier molecular flexibility index (Phi) is 4.02. The zero-order chi connectivity index (χ0) is 14.1. The van der Waals surface area contributed by atoms with E-state index < -0.39 is 23.1 Å². The fourth-order valence-corrected chi connectivity index (χ4v) is 1.65. The van der Waals surface area contributed by atoms with Crippen molar-refractivity contribution < 1.29 is 19.8 Å². The first-order chi connectivity index (χ1) is 8.11. The Balaban J connectivity index is 3.02. The second-order valence-electron chi connectivity index (χ2n) is 5.32. The minimum absolute atomic E-state index is 0.0236. The van der Waals surface area contributed by atoms with Crippen LogP contribution in [0.3, 0.4) is 0 Å². The molecule has 0 aromatic heterocycles. The zero-order valence-corrected chi connectivity index (χ0v) is 11.2. The van der Waals surface area contributed by atoms with Gasteiger partial charge in [-0.2, -0.15) is 0 Å². The van der Waals surface area contributed by atoms with Gasteiger partial charge in [0.2, 0.25) is 11.6 Å². The first kappa shape index (κ1) is 14.5. The Morgan fingerprint density at radius 1 is 1.22 bits per heavy atom. The number of hydrogen-bond donors (Lipinski definition) is 2. The summed E-state index contributed by atoms with van der Waals surface area (Å²) in [6.45, 7) is 5.54.